The van der Waals surface area contributed by atoms with Crippen molar-refractivity contribution >= 4 is 36.2 Å². The molecule has 2 rings (SSSR count). The zero-order valence-corrected chi connectivity index (χ0v) is 15.9. The highest BCUT2D eigenvalue weighted by Crippen LogP contribution is 2.33. The van der Waals surface area contributed by atoms with Crippen LogP contribution in [0.2, 0.25) is 5.02 Å². The number of hydrogen-bond donors (Lipinski definition) is 1. The molecule has 1 heterocycles. The van der Waals surface area contributed by atoms with Crippen LogP contribution in [0.15, 0.2) is 35.9 Å². The van der Waals surface area contributed by atoms with Gasteiger partial charge in [0.1, 0.15) is 6.04 Å². The zero-order valence-electron chi connectivity index (χ0n) is 14.3. The number of nitrogens with zero attached hydrogens (tertiary/aromatic N) is 1. The number of benzene rings is 1. The van der Waals surface area contributed by atoms with Gasteiger partial charge in [0, 0.05) is 29.4 Å². The van der Waals surface area contributed by atoms with Crippen LogP contribution in [-0.4, -0.2) is 48.9 Å². The molecule has 2 atom stereocenters. The van der Waals surface area contributed by atoms with Crippen LogP contribution in [0, 0.1) is 0 Å². The number of esters is 2. The minimum atomic E-state index is -0.634. The van der Waals surface area contributed by atoms with Crippen molar-refractivity contribution < 1.29 is 19.1 Å². The third kappa shape index (κ3) is 5.00. The van der Waals surface area contributed by atoms with Gasteiger partial charge in [0.2, 0.25) is 0 Å². The third-order valence-corrected chi connectivity index (χ3v) is 5.02. The molecular weight excluding hydrogens is 362 g/mol. The highest BCUT2D eigenvalue weighted by molar-refractivity contribution is 7.81. The van der Waals surface area contributed by atoms with E-state index >= 15 is 0 Å². The quantitative estimate of drug-likeness (QED) is 0.481. The van der Waals surface area contributed by atoms with Crippen LogP contribution in [0.1, 0.15) is 24.9 Å². The van der Waals surface area contributed by atoms with Crippen LogP contribution in [0.3, 0.4) is 0 Å². The normalized spacial score (nSPS) is 21.0. The maximum atomic E-state index is 12.4. The molecule has 1 saturated heterocycles. The van der Waals surface area contributed by atoms with Gasteiger partial charge in [-0.15, -0.1) is 0 Å². The summed E-state index contributed by atoms with van der Waals surface area (Å²) >= 11 is 10.8. The number of carbonyl (C=O) groups is 2. The van der Waals surface area contributed by atoms with Crippen molar-refractivity contribution in [2.24, 2.45) is 0 Å². The molecule has 0 bridgehead atoms. The van der Waals surface area contributed by atoms with E-state index in [0.29, 0.717) is 36.7 Å². The van der Waals surface area contributed by atoms with Crippen molar-refractivity contribution in [2.45, 2.75) is 24.6 Å². The molecule has 1 aliphatic rings. The van der Waals surface area contributed by atoms with Crippen molar-refractivity contribution in [3.8, 4) is 0 Å². The number of likely N-dealkylation sites (tertiary alicyclic amines) is 1. The van der Waals surface area contributed by atoms with Gasteiger partial charge in [-0.1, -0.05) is 29.8 Å². The smallest absolute Gasteiger partial charge is 0.330 e. The summed E-state index contributed by atoms with van der Waals surface area (Å²) in [6.07, 6.45) is 2.17. The van der Waals surface area contributed by atoms with Crippen molar-refractivity contribution in [3.63, 3.8) is 0 Å². The van der Waals surface area contributed by atoms with Crippen molar-refractivity contribution in [1.29, 1.82) is 0 Å². The van der Waals surface area contributed by atoms with Gasteiger partial charge in [-0.2, -0.15) is 12.6 Å². The minimum absolute atomic E-state index is 0.0507. The lowest BCUT2D eigenvalue weighted by Crippen LogP contribution is -2.42. The lowest BCUT2D eigenvalue weighted by Gasteiger charge is -2.36. The Kier molecular flexibility index (Phi) is 7.35. The van der Waals surface area contributed by atoms with Gasteiger partial charge in [0.05, 0.1) is 13.7 Å². The van der Waals surface area contributed by atoms with E-state index in [1.54, 1.807) is 13.0 Å². The summed E-state index contributed by atoms with van der Waals surface area (Å²) in [4.78, 5) is 26.2. The van der Waals surface area contributed by atoms with Crippen LogP contribution in [0.4, 0.5) is 0 Å². The van der Waals surface area contributed by atoms with E-state index in [1.165, 1.54) is 13.2 Å². The van der Waals surface area contributed by atoms with Gasteiger partial charge >= 0.3 is 11.9 Å². The number of carbonyl (C=O) groups excluding carboxylic acids is 2. The number of ether oxygens (including phenoxy) is 2. The molecule has 2 unspecified atom stereocenters. The fourth-order valence-electron chi connectivity index (χ4n) is 2.87. The van der Waals surface area contributed by atoms with E-state index in [0.717, 1.165) is 5.57 Å². The van der Waals surface area contributed by atoms with E-state index in [4.69, 9.17) is 21.1 Å². The van der Waals surface area contributed by atoms with Crippen molar-refractivity contribution in [2.75, 3.05) is 26.8 Å². The maximum Gasteiger partial charge on any atom is 0.330 e. The average molecular weight is 384 g/mol. The summed E-state index contributed by atoms with van der Waals surface area (Å²) in [7, 11) is 1.35. The van der Waals surface area contributed by atoms with Crippen molar-refractivity contribution in [3.05, 3.63) is 46.5 Å². The van der Waals surface area contributed by atoms with Gasteiger partial charge < -0.3 is 9.47 Å². The lowest BCUT2D eigenvalue weighted by molar-refractivity contribution is -0.147. The molecule has 0 aliphatic carbocycles. The predicted octanol–water partition coefficient (Wildman–Crippen LogP) is 3.05. The molecule has 0 N–H and O–H groups in total. The monoisotopic (exact) mass is 383 g/mol. The standard InChI is InChI=1S/C18H22ClNO4S/c1-3-24-16(21)10-12-11-20(9-8-15(12)25)17(18(22)23-2)13-6-4-5-7-14(13)19/h4-7,10,15,17,25H,3,8-9,11H2,1-2H3/b12-10-. The van der Waals surface area contributed by atoms with Crippen molar-refractivity contribution in [1.82, 2.24) is 4.90 Å². The first-order chi connectivity index (χ1) is 12.0. The second-order valence-electron chi connectivity index (χ2n) is 5.69. The molecule has 0 spiro atoms. The van der Waals surface area contributed by atoms with Gasteiger partial charge in [0.15, 0.2) is 0 Å². The summed E-state index contributed by atoms with van der Waals surface area (Å²) < 4.78 is 9.97. The molecule has 5 nitrogen and oxygen atoms in total. The molecule has 0 aromatic heterocycles. The first-order valence-electron chi connectivity index (χ1n) is 8.09. The Morgan fingerprint density at radius 2 is 2.16 bits per heavy atom. The third-order valence-electron chi connectivity index (χ3n) is 4.08. The zero-order chi connectivity index (χ0) is 18.4. The second kappa shape index (κ2) is 9.27. The fourth-order valence-corrected chi connectivity index (χ4v) is 3.38. The molecule has 1 aromatic carbocycles. The highest BCUT2D eigenvalue weighted by atomic mass is 35.5. The highest BCUT2D eigenvalue weighted by Gasteiger charge is 2.34. The van der Waals surface area contributed by atoms with E-state index in [9.17, 15) is 9.59 Å². The lowest BCUT2D eigenvalue weighted by atomic mass is 9.98. The van der Waals surface area contributed by atoms with Crippen LogP contribution in [-0.2, 0) is 19.1 Å². The first-order valence-corrected chi connectivity index (χ1v) is 8.99. The number of rotatable bonds is 5. The summed E-state index contributed by atoms with van der Waals surface area (Å²) in [5.74, 6) is -0.785. The Morgan fingerprint density at radius 3 is 2.80 bits per heavy atom. The van der Waals surface area contributed by atoms with E-state index in [2.05, 4.69) is 12.6 Å². The molecule has 136 valence electrons. The van der Waals surface area contributed by atoms with Crippen LogP contribution >= 0.6 is 24.2 Å². The topological polar surface area (TPSA) is 55.8 Å². The predicted molar refractivity (Wildman–Crippen MR) is 99.9 cm³/mol. The summed E-state index contributed by atoms with van der Waals surface area (Å²) in [5.41, 5.74) is 1.50. The molecule has 1 aliphatic heterocycles. The molecule has 0 amide bonds. The molecule has 1 fully saturated rings. The van der Waals surface area contributed by atoms with Gasteiger partial charge in [-0.3, -0.25) is 4.90 Å². The van der Waals surface area contributed by atoms with Crippen LogP contribution in [0.25, 0.3) is 0 Å². The summed E-state index contributed by atoms with van der Waals surface area (Å²) in [6, 6.07) is 6.56. The molecule has 7 heteroatoms. The molecular formula is C18H22ClNO4S. The summed E-state index contributed by atoms with van der Waals surface area (Å²) in [6.45, 7) is 3.12. The maximum absolute atomic E-state index is 12.4. The largest absolute Gasteiger partial charge is 0.468 e. The van der Waals surface area contributed by atoms with Crippen LogP contribution < -0.4 is 0 Å². The number of methoxy groups -OCH3 is 1. The minimum Gasteiger partial charge on any atom is -0.468 e. The average Bonchev–Trinajstić information content (AvgIpc) is 2.59. The SMILES string of the molecule is CCOC(=O)/C=C1/CN(C(C(=O)OC)c2ccccc2Cl)CCC1S. The Labute approximate surface area is 158 Å². The molecule has 0 saturated carbocycles. The first kappa shape index (κ1) is 19.8. The Morgan fingerprint density at radius 1 is 1.44 bits per heavy atom. The number of piperidine rings is 1. The van der Waals surface area contributed by atoms with Crippen LogP contribution in [0.5, 0.6) is 0 Å². The molecule has 25 heavy (non-hydrogen) atoms. The Balaban J connectivity index is 2.30. The van der Waals surface area contributed by atoms with E-state index < -0.39 is 12.0 Å². The number of thiol groups is 1. The Bertz CT molecular complexity index is 664. The second-order valence-corrected chi connectivity index (χ2v) is 6.72. The number of hydrogen-bond acceptors (Lipinski definition) is 6. The van der Waals surface area contributed by atoms with E-state index in [1.807, 2.05) is 23.1 Å². The summed E-state index contributed by atoms with van der Waals surface area (Å²) in [5, 5.41) is 0.451. The number of halogens is 1. The Hall–Kier alpha value is -1.50. The van der Waals surface area contributed by atoms with Gasteiger partial charge in [-0.05, 0) is 30.5 Å². The van der Waals surface area contributed by atoms with Gasteiger partial charge in [0.25, 0.3) is 0 Å². The molecule has 0 radical (unpaired) electrons. The van der Waals surface area contributed by atoms with Gasteiger partial charge in [-0.25, -0.2) is 9.59 Å². The van der Waals surface area contributed by atoms with E-state index in [-0.39, 0.29) is 11.2 Å². The molecule has 1 aromatic rings. The fraction of sp³-hybridized carbons (Fsp3) is 0.444.